The van der Waals surface area contributed by atoms with Crippen LogP contribution in [0.5, 0.6) is 0 Å². The van der Waals surface area contributed by atoms with Crippen LogP contribution in [-0.2, 0) is 0 Å². The fourth-order valence-electron chi connectivity index (χ4n) is 10.8. The van der Waals surface area contributed by atoms with Gasteiger partial charge in [-0.15, -0.1) is 0 Å². The Morgan fingerprint density at radius 3 is 1.12 bits per heavy atom. The molecule has 0 aliphatic carbocycles. The van der Waals surface area contributed by atoms with Crippen LogP contribution in [0.1, 0.15) is 0 Å². The van der Waals surface area contributed by atoms with Crippen molar-refractivity contribution in [3.8, 4) is 83.6 Å². The number of hydrogen-bond acceptors (Lipinski definition) is 1. The third kappa shape index (κ3) is 8.45. The second-order valence-electron chi connectivity index (χ2n) is 18.9. The van der Waals surface area contributed by atoms with E-state index < -0.39 is 0 Å². The van der Waals surface area contributed by atoms with Crippen LogP contribution in [0.2, 0.25) is 0 Å². The van der Waals surface area contributed by atoms with Gasteiger partial charge in [-0.3, -0.25) is 0 Å². The molecular weight excluding hydrogens is 893 g/mol. The quantitative estimate of drug-likeness (QED) is 0.125. The summed E-state index contributed by atoms with van der Waals surface area (Å²) >= 11 is 0. The van der Waals surface area contributed by atoms with Crippen LogP contribution >= 0.6 is 0 Å². The summed E-state index contributed by atoms with van der Waals surface area (Å²) in [7, 11) is 0. The molecule has 0 spiro atoms. The summed E-state index contributed by atoms with van der Waals surface area (Å²) in [6.07, 6.45) is 0. The van der Waals surface area contributed by atoms with E-state index in [9.17, 15) is 0 Å². The van der Waals surface area contributed by atoms with Crippen molar-refractivity contribution in [2.75, 3.05) is 4.90 Å². The highest BCUT2D eigenvalue weighted by molar-refractivity contribution is 6.11. The molecule has 348 valence electrons. The SMILES string of the molecule is c1ccc(-c2ccc(-c3cc(-c4ccccc4)cc(-n4c5ccccc5c5cc(-c6ccccc6-c6cccc(N(c7ccccc7)c7cccc(-c8ccccc8-c8ccccc8)c7)c6)ccc54)c3)cc2)cc1. The molecule has 1 heterocycles. The lowest BCUT2D eigenvalue weighted by molar-refractivity contribution is 1.18. The van der Waals surface area contributed by atoms with Crippen molar-refractivity contribution in [3.63, 3.8) is 0 Å². The molecule has 1 aromatic heterocycles. The molecule has 0 unspecified atom stereocenters. The summed E-state index contributed by atoms with van der Waals surface area (Å²) in [6, 6.07) is 110. The summed E-state index contributed by atoms with van der Waals surface area (Å²) in [5.41, 5.74) is 23.3. The first-order valence-corrected chi connectivity index (χ1v) is 25.4. The topological polar surface area (TPSA) is 8.17 Å². The van der Waals surface area contributed by atoms with Gasteiger partial charge in [0.25, 0.3) is 0 Å². The first kappa shape index (κ1) is 44.2. The molecule has 0 bridgehead atoms. The van der Waals surface area contributed by atoms with E-state index in [-0.39, 0.29) is 0 Å². The van der Waals surface area contributed by atoms with Crippen molar-refractivity contribution in [1.82, 2.24) is 4.57 Å². The number of fused-ring (bicyclic) bond motifs is 3. The zero-order chi connectivity index (χ0) is 49.2. The molecule has 0 aliphatic rings. The zero-order valence-electron chi connectivity index (χ0n) is 40.8. The van der Waals surface area contributed by atoms with Crippen molar-refractivity contribution in [2.45, 2.75) is 0 Å². The summed E-state index contributed by atoms with van der Waals surface area (Å²) in [6.45, 7) is 0. The van der Waals surface area contributed by atoms with Crippen LogP contribution in [0.15, 0.2) is 303 Å². The number of aromatic nitrogens is 1. The van der Waals surface area contributed by atoms with Crippen molar-refractivity contribution in [3.05, 3.63) is 303 Å². The Morgan fingerprint density at radius 1 is 0.203 bits per heavy atom. The van der Waals surface area contributed by atoms with Gasteiger partial charge in [0, 0.05) is 33.5 Å². The average Bonchev–Trinajstić information content (AvgIpc) is 3.85. The Labute approximate surface area is 433 Å². The van der Waals surface area contributed by atoms with Gasteiger partial charge in [0.1, 0.15) is 0 Å². The second kappa shape index (κ2) is 19.4. The van der Waals surface area contributed by atoms with Gasteiger partial charge in [0.15, 0.2) is 0 Å². The highest BCUT2D eigenvalue weighted by atomic mass is 15.1. The molecular formula is C72H50N2. The molecule has 0 radical (unpaired) electrons. The fourth-order valence-corrected chi connectivity index (χ4v) is 10.8. The average molecular weight is 943 g/mol. The maximum atomic E-state index is 2.45. The minimum Gasteiger partial charge on any atom is -0.310 e. The first-order valence-electron chi connectivity index (χ1n) is 25.4. The maximum absolute atomic E-state index is 2.45. The van der Waals surface area contributed by atoms with Crippen LogP contribution in [-0.4, -0.2) is 4.57 Å². The first-order chi connectivity index (χ1) is 36.7. The highest BCUT2D eigenvalue weighted by Gasteiger charge is 2.19. The summed E-state index contributed by atoms with van der Waals surface area (Å²) < 4.78 is 2.45. The van der Waals surface area contributed by atoms with E-state index in [1.807, 2.05) is 0 Å². The van der Waals surface area contributed by atoms with Gasteiger partial charge in [-0.25, -0.2) is 0 Å². The number of anilines is 3. The standard InChI is InChI=1S/C72H50N2/c1-5-21-51(22-6-1)53-39-41-54(42-40-53)60-45-59(52-23-7-2-8-24-52)48-64(49-60)74-71-38-18-17-37-69(71)70-50-58(43-44-72(70)74)68-36-16-15-35-67(68)57-28-20-32-63(47-57)73(61-29-11-4-12-30-61)62-31-19-27-56(46-62)66-34-14-13-33-65(66)55-25-9-3-10-26-55/h1-50H. The minimum atomic E-state index is 1.08. The van der Waals surface area contributed by atoms with Gasteiger partial charge in [0.05, 0.1) is 11.0 Å². The summed E-state index contributed by atoms with van der Waals surface area (Å²) in [4.78, 5) is 2.37. The normalized spacial score (nSPS) is 11.2. The van der Waals surface area contributed by atoms with Crippen molar-refractivity contribution in [2.24, 2.45) is 0 Å². The monoisotopic (exact) mass is 942 g/mol. The molecule has 0 atom stereocenters. The predicted octanol–water partition coefficient (Wildman–Crippen LogP) is 19.9. The molecule has 13 aromatic rings. The van der Waals surface area contributed by atoms with Gasteiger partial charge >= 0.3 is 0 Å². The van der Waals surface area contributed by atoms with Crippen molar-refractivity contribution >= 4 is 38.9 Å². The van der Waals surface area contributed by atoms with Gasteiger partial charge < -0.3 is 9.47 Å². The molecule has 0 saturated heterocycles. The van der Waals surface area contributed by atoms with E-state index >= 15 is 0 Å². The highest BCUT2D eigenvalue weighted by Crippen LogP contribution is 2.43. The van der Waals surface area contributed by atoms with E-state index in [2.05, 4.69) is 313 Å². The molecule has 13 rings (SSSR count). The Morgan fingerprint density at radius 2 is 0.568 bits per heavy atom. The van der Waals surface area contributed by atoms with E-state index in [1.165, 1.54) is 88.6 Å². The molecule has 0 N–H and O–H groups in total. The van der Waals surface area contributed by atoms with E-state index in [1.54, 1.807) is 0 Å². The van der Waals surface area contributed by atoms with E-state index in [4.69, 9.17) is 0 Å². The lowest BCUT2D eigenvalue weighted by atomic mass is 9.93. The summed E-state index contributed by atoms with van der Waals surface area (Å²) in [5, 5.41) is 2.43. The largest absolute Gasteiger partial charge is 0.310 e. The number of rotatable bonds is 11. The third-order valence-corrected chi connectivity index (χ3v) is 14.4. The van der Waals surface area contributed by atoms with Gasteiger partial charge in [-0.2, -0.15) is 0 Å². The zero-order valence-corrected chi connectivity index (χ0v) is 40.8. The molecule has 0 saturated carbocycles. The second-order valence-corrected chi connectivity index (χ2v) is 18.9. The Bertz CT molecular complexity index is 4100. The van der Waals surface area contributed by atoms with E-state index in [0.29, 0.717) is 0 Å². The lowest BCUT2D eigenvalue weighted by Gasteiger charge is -2.27. The Kier molecular flexibility index (Phi) is 11.6. The summed E-state index contributed by atoms with van der Waals surface area (Å²) in [5.74, 6) is 0. The molecule has 2 heteroatoms. The predicted molar refractivity (Wildman–Crippen MR) is 314 cm³/mol. The minimum absolute atomic E-state index is 1.08. The molecule has 0 amide bonds. The number of benzene rings is 12. The smallest absolute Gasteiger partial charge is 0.0541 e. The molecule has 12 aromatic carbocycles. The van der Waals surface area contributed by atoms with Crippen LogP contribution in [0.25, 0.3) is 105 Å². The third-order valence-electron chi connectivity index (χ3n) is 14.4. The Balaban J connectivity index is 0.903. The molecule has 74 heavy (non-hydrogen) atoms. The van der Waals surface area contributed by atoms with Crippen molar-refractivity contribution in [1.29, 1.82) is 0 Å². The van der Waals surface area contributed by atoms with Gasteiger partial charge in [0.2, 0.25) is 0 Å². The van der Waals surface area contributed by atoms with Crippen molar-refractivity contribution < 1.29 is 0 Å². The maximum Gasteiger partial charge on any atom is 0.0541 e. The molecule has 2 nitrogen and oxygen atoms in total. The number of hydrogen-bond donors (Lipinski definition) is 0. The Hall–Kier alpha value is -9.76. The van der Waals surface area contributed by atoms with Gasteiger partial charge in [-0.05, 0) is 151 Å². The van der Waals surface area contributed by atoms with Crippen LogP contribution in [0, 0.1) is 0 Å². The molecule has 0 aliphatic heterocycles. The van der Waals surface area contributed by atoms with E-state index in [0.717, 1.165) is 33.8 Å². The fraction of sp³-hybridized carbons (Fsp3) is 0. The van der Waals surface area contributed by atoms with Gasteiger partial charge in [-0.1, -0.05) is 231 Å². The molecule has 0 fully saturated rings. The lowest BCUT2D eigenvalue weighted by Crippen LogP contribution is -2.10. The van der Waals surface area contributed by atoms with Crippen LogP contribution in [0.3, 0.4) is 0 Å². The number of para-hydroxylation sites is 2. The number of nitrogens with zero attached hydrogens (tertiary/aromatic N) is 2. The van der Waals surface area contributed by atoms with Crippen LogP contribution < -0.4 is 4.90 Å². The van der Waals surface area contributed by atoms with Crippen LogP contribution in [0.4, 0.5) is 17.1 Å².